The topological polar surface area (TPSA) is 0 Å². The first-order valence-corrected chi connectivity index (χ1v) is 7.32. The minimum Gasteiger partial charge on any atom is -0.0827 e. The Hall–Kier alpha value is -0.920. The van der Waals surface area contributed by atoms with E-state index < -0.39 is 0 Å². The monoisotopic (exact) mass is 342 g/mol. The van der Waals surface area contributed by atoms with Crippen molar-refractivity contribution in [1.82, 2.24) is 0 Å². The number of hydrogen-bond acceptors (Lipinski definition) is 0. The Morgan fingerprint density at radius 1 is 0.550 bits per heavy atom. The summed E-state index contributed by atoms with van der Waals surface area (Å²) >= 11 is 23.6. The molecule has 0 radical (unpaired) electrons. The zero-order chi connectivity index (χ0) is 14.5. The van der Waals surface area contributed by atoms with E-state index in [2.05, 4.69) is 0 Å². The van der Waals surface area contributed by atoms with Gasteiger partial charge in [-0.2, -0.15) is 0 Å². The minimum atomic E-state index is 0.544. The maximum absolute atomic E-state index is 5.94. The highest BCUT2D eigenvalue weighted by Crippen LogP contribution is 2.24. The van der Waals surface area contributed by atoms with Gasteiger partial charge < -0.3 is 0 Å². The van der Waals surface area contributed by atoms with Crippen LogP contribution in [-0.4, -0.2) is 0 Å². The van der Waals surface area contributed by atoms with E-state index in [9.17, 15) is 0 Å². The van der Waals surface area contributed by atoms with Gasteiger partial charge in [-0.3, -0.25) is 0 Å². The highest BCUT2D eigenvalue weighted by molar-refractivity contribution is 6.42. The number of benzene rings is 2. The van der Waals surface area contributed by atoms with Crippen LogP contribution in [0.2, 0.25) is 20.1 Å². The number of allylic oxidation sites excluding steroid dienone is 2. The van der Waals surface area contributed by atoms with E-state index in [-0.39, 0.29) is 0 Å². The molecular weight excluding hydrogens is 334 g/mol. The van der Waals surface area contributed by atoms with Crippen molar-refractivity contribution >= 4 is 58.6 Å². The zero-order valence-electron chi connectivity index (χ0n) is 10.3. The molecule has 0 atom stereocenters. The maximum Gasteiger partial charge on any atom is 0.0598 e. The summed E-state index contributed by atoms with van der Waals surface area (Å²) in [6.07, 6.45) is 7.72. The average molecular weight is 344 g/mol. The second kappa shape index (κ2) is 7.19. The molecule has 0 N–H and O–H groups in total. The molecule has 0 aromatic heterocycles. The van der Waals surface area contributed by atoms with Crippen LogP contribution in [0.4, 0.5) is 0 Å². The molecule has 0 aliphatic carbocycles. The molecule has 0 amide bonds. The third kappa shape index (κ3) is 4.29. The SMILES string of the molecule is Clc1ccc(C=CC=Cc2ccc(Cl)c(Cl)c2)cc1Cl. The lowest BCUT2D eigenvalue weighted by molar-refractivity contribution is 1.65. The molecule has 20 heavy (non-hydrogen) atoms. The molecule has 2 aromatic carbocycles. The molecule has 0 spiro atoms. The van der Waals surface area contributed by atoms with Gasteiger partial charge in [0.05, 0.1) is 20.1 Å². The largest absolute Gasteiger partial charge is 0.0827 e. The zero-order valence-corrected chi connectivity index (χ0v) is 13.3. The molecule has 0 unspecified atom stereocenters. The summed E-state index contributed by atoms with van der Waals surface area (Å²) in [5.41, 5.74) is 1.97. The Morgan fingerprint density at radius 3 is 1.30 bits per heavy atom. The predicted octanol–water partition coefficient (Wildman–Crippen LogP) is 7.03. The van der Waals surface area contributed by atoms with Crippen LogP contribution < -0.4 is 0 Å². The van der Waals surface area contributed by atoms with Crippen molar-refractivity contribution in [3.63, 3.8) is 0 Å². The third-order valence-electron chi connectivity index (χ3n) is 2.58. The highest BCUT2D eigenvalue weighted by atomic mass is 35.5. The second-order valence-corrected chi connectivity index (χ2v) is 5.69. The fourth-order valence-electron chi connectivity index (χ4n) is 1.57. The summed E-state index contributed by atoms with van der Waals surface area (Å²) in [7, 11) is 0. The lowest BCUT2D eigenvalue weighted by Gasteiger charge is -1.97. The van der Waals surface area contributed by atoms with Gasteiger partial charge in [-0.05, 0) is 35.4 Å². The van der Waals surface area contributed by atoms with Gasteiger partial charge in [-0.25, -0.2) is 0 Å². The van der Waals surface area contributed by atoms with E-state index in [1.165, 1.54) is 0 Å². The van der Waals surface area contributed by atoms with E-state index in [0.29, 0.717) is 20.1 Å². The summed E-state index contributed by atoms with van der Waals surface area (Å²) < 4.78 is 0. The van der Waals surface area contributed by atoms with Crippen molar-refractivity contribution in [2.75, 3.05) is 0 Å². The predicted molar refractivity (Wildman–Crippen MR) is 91.0 cm³/mol. The number of rotatable bonds is 3. The van der Waals surface area contributed by atoms with Crippen LogP contribution in [0.15, 0.2) is 48.6 Å². The van der Waals surface area contributed by atoms with Crippen molar-refractivity contribution < 1.29 is 0 Å². The van der Waals surface area contributed by atoms with Gasteiger partial charge in [-0.15, -0.1) is 0 Å². The molecule has 0 aliphatic rings. The maximum atomic E-state index is 5.94. The normalized spacial score (nSPS) is 11.6. The molecule has 2 rings (SSSR count). The number of hydrogen-bond donors (Lipinski definition) is 0. The average Bonchev–Trinajstić information content (AvgIpc) is 2.42. The lowest BCUT2D eigenvalue weighted by Crippen LogP contribution is -1.74. The van der Waals surface area contributed by atoms with Gasteiger partial charge in [0.2, 0.25) is 0 Å². The first-order valence-electron chi connectivity index (χ1n) is 5.81. The van der Waals surface area contributed by atoms with Crippen LogP contribution in [0.25, 0.3) is 12.2 Å². The molecule has 4 heteroatoms. The van der Waals surface area contributed by atoms with Crippen LogP contribution >= 0.6 is 46.4 Å². The summed E-state index contributed by atoms with van der Waals surface area (Å²) in [5.74, 6) is 0. The van der Waals surface area contributed by atoms with Gasteiger partial charge in [0.1, 0.15) is 0 Å². The molecule has 0 saturated carbocycles. The van der Waals surface area contributed by atoms with Gasteiger partial charge in [0, 0.05) is 0 Å². The van der Waals surface area contributed by atoms with Crippen molar-refractivity contribution in [1.29, 1.82) is 0 Å². The van der Waals surface area contributed by atoms with Gasteiger partial charge in [0.15, 0.2) is 0 Å². The Bertz CT molecular complexity index is 613. The van der Waals surface area contributed by atoms with Crippen LogP contribution in [0.3, 0.4) is 0 Å². The standard InChI is InChI=1S/C16H10Cl4/c17-13-7-5-11(9-15(13)19)3-1-2-4-12-6-8-14(18)16(20)10-12/h1-10H. The first-order chi connectivity index (χ1) is 9.56. The fraction of sp³-hybridized carbons (Fsp3) is 0. The van der Waals surface area contributed by atoms with E-state index in [4.69, 9.17) is 46.4 Å². The molecule has 102 valence electrons. The molecule has 0 saturated heterocycles. The van der Waals surface area contributed by atoms with E-state index >= 15 is 0 Å². The van der Waals surface area contributed by atoms with E-state index in [1.807, 2.05) is 48.6 Å². The Labute approximate surface area is 138 Å². The molecule has 0 fully saturated rings. The molecule has 0 aliphatic heterocycles. The quantitative estimate of drug-likeness (QED) is 0.525. The van der Waals surface area contributed by atoms with Crippen LogP contribution in [0.5, 0.6) is 0 Å². The van der Waals surface area contributed by atoms with Crippen molar-refractivity contribution in [2.45, 2.75) is 0 Å². The van der Waals surface area contributed by atoms with Crippen LogP contribution in [0.1, 0.15) is 11.1 Å². The molecule has 2 aromatic rings. The second-order valence-electron chi connectivity index (χ2n) is 4.07. The van der Waals surface area contributed by atoms with Crippen LogP contribution in [0, 0.1) is 0 Å². The minimum absolute atomic E-state index is 0.544. The fourth-order valence-corrected chi connectivity index (χ4v) is 2.18. The van der Waals surface area contributed by atoms with Crippen molar-refractivity contribution in [3.8, 4) is 0 Å². The summed E-state index contributed by atoms with van der Waals surface area (Å²) in [6, 6.07) is 11.0. The van der Waals surface area contributed by atoms with Gasteiger partial charge in [0.25, 0.3) is 0 Å². The Morgan fingerprint density at radius 2 is 0.950 bits per heavy atom. The summed E-state index contributed by atoms with van der Waals surface area (Å²) in [6.45, 7) is 0. The van der Waals surface area contributed by atoms with Gasteiger partial charge in [-0.1, -0.05) is 82.8 Å². The molecule has 0 heterocycles. The number of halogens is 4. The third-order valence-corrected chi connectivity index (χ3v) is 4.05. The molecular formula is C16H10Cl4. The highest BCUT2D eigenvalue weighted by Gasteiger charge is 1.97. The summed E-state index contributed by atoms with van der Waals surface area (Å²) in [4.78, 5) is 0. The van der Waals surface area contributed by atoms with E-state index in [1.54, 1.807) is 12.1 Å². The molecule has 0 bridgehead atoms. The van der Waals surface area contributed by atoms with Crippen molar-refractivity contribution in [2.24, 2.45) is 0 Å². The first kappa shape index (κ1) is 15.5. The molecule has 0 nitrogen and oxygen atoms in total. The summed E-state index contributed by atoms with van der Waals surface area (Å²) in [5, 5.41) is 2.19. The smallest absolute Gasteiger partial charge is 0.0598 e. The Kier molecular flexibility index (Phi) is 5.56. The Balaban J connectivity index is 2.06. The van der Waals surface area contributed by atoms with Gasteiger partial charge >= 0.3 is 0 Å². The van der Waals surface area contributed by atoms with E-state index in [0.717, 1.165) is 11.1 Å². The van der Waals surface area contributed by atoms with Crippen LogP contribution in [-0.2, 0) is 0 Å². The lowest BCUT2D eigenvalue weighted by atomic mass is 10.2. The van der Waals surface area contributed by atoms with Crippen molar-refractivity contribution in [3.05, 3.63) is 79.8 Å².